The third-order valence-corrected chi connectivity index (χ3v) is 4.63. The van der Waals surface area contributed by atoms with Crippen LogP contribution in [0.1, 0.15) is 31.0 Å². The molecular weight excluding hydrogens is 250 g/mol. The molecule has 0 aromatic carbocycles. The number of rotatable bonds is 4. The first kappa shape index (κ1) is 14.0. The number of pyridine rings is 1. The van der Waals surface area contributed by atoms with Gasteiger partial charge in [-0.15, -0.1) is 0 Å². The SMILES string of the molecule is CCc1ccc(CC(N)C2CN3CCCC3CO2)nc1. The first-order chi connectivity index (χ1) is 9.76. The van der Waals surface area contributed by atoms with Gasteiger partial charge in [-0.2, -0.15) is 0 Å². The van der Waals surface area contributed by atoms with Gasteiger partial charge in [0.1, 0.15) is 0 Å². The van der Waals surface area contributed by atoms with Crippen LogP contribution in [0.3, 0.4) is 0 Å². The van der Waals surface area contributed by atoms with Crippen molar-refractivity contribution in [2.75, 3.05) is 19.7 Å². The predicted molar refractivity (Wildman–Crippen MR) is 79.6 cm³/mol. The minimum Gasteiger partial charge on any atom is -0.374 e. The second-order valence-corrected chi connectivity index (χ2v) is 6.04. The zero-order valence-electron chi connectivity index (χ0n) is 12.3. The number of ether oxygens (including phenoxy) is 1. The fourth-order valence-corrected chi connectivity index (χ4v) is 3.26. The molecule has 3 heterocycles. The topological polar surface area (TPSA) is 51.4 Å². The van der Waals surface area contributed by atoms with Gasteiger partial charge in [-0.1, -0.05) is 13.0 Å². The van der Waals surface area contributed by atoms with E-state index in [1.165, 1.54) is 24.9 Å². The van der Waals surface area contributed by atoms with Crippen LogP contribution in [-0.4, -0.2) is 47.8 Å². The van der Waals surface area contributed by atoms with Crippen LogP contribution in [0.25, 0.3) is 0 Å². The van der Waals surface area contributed by atoms with Crippen molar-refractivity contribution in [2.24, 2.45) is 5.73 Å². The molecule has 0 saturated carbocycles. The fourth-order valence-electron chi connectivity index (χ4n) is 3.26. The molecule has 1 aromatic heterocycles. The van der Waals surface area contributed by atoms with E-state index < -0.39 is 0 Å². The van der Waals surface area contributed by atoms with Crippen molar-refractivity contribution in [2.45, 2.75) is 50.8 Å². The van der Waals surface area contributed by atoms with E-state index in [1.807, 2.05) is 6.20 Å². The van der Waals surface area contributed by atoms with Crippen LogP contribution in [0.4, 0.5) is 0 Å². The van der Waals surface area contributed by atoms with Crippen LogP contribution >= 0.6 is 0 Å². The average Bonchev–Trinajstić information content (AvgIpc) is 2.95. The number of aromatic nitrogens is 1. The van der Waals surface area contributed by atoms with Crippen LogP contribution in [0, 0.1) is 0 Å². The van der Waals surface area contributed by atoms with Crippen molar-refractivity contribution >= 4 is 0 Å². The van der Waals surface area contributed by atoms with Gasteiger partial charge in [0.25, 0.3) is 0 Å². The lowest BCUT2D eigenvalue weighted by molar-refractivity contribution is -0.0590. The molecule has 0 bridgehead atoms. The molecule has 0 amide bonds. The molecule has 2 saturated heterocycles. The molecule has 2 fully saturated rings. The Morgan fingerprint density at radius 1 is 1.50 bits per heavy atom. The quantitative estimate of drug-likeness (QED) is 0.902. The molecule has 0 radical (unpaired) electrons. The van der Waals surface area contributed by atoms with E-state index in [0.717, 1.165) is 31.7 Å². The smallest absolute Gasteiger partial charge is 0.0857 e. The van der Waals surface area contributed by atoms with Crippen LogP contribution < -0.4 is 5.73 Å². The summed E-state index contributed by atoms with van der Waals surface area (Å²) in [7, 11) is 0. The second kappa shape index (κ2) is 6.20. The van der Waals surface area contributed by atoms with Crippen molar-refractivity contribution in [3.8, 4) is 0 Å². The van der Waals surface area contributed by atoms with Gasteiger partial charge in [0.2, 0.25) is 0 Å². The largest absolute Gasteiger partial charge is 0.374 e. The summed E-state index contributed by atoms with van der Waals surface area (Å²) in [6, 6.07) is 4.92. The van der Waals surface area contributed by atoms with Crippen molar-refractivity contribution in [1.29, 1.82) is 0 Å². The maximum absolute atomic E-state index is 6.34. The Morgan fingerprint density at radius 2 is 2.40 bits per heavy atom. The Labute approximate surface area is 121 Å². The van der Waals surface area contributed by atoms with E-state index in [9.17, 15) is 0 Å². The van der Waals surface area contributed by atoms with Crippen LogP contribution in [-0.2, 0) is 17.6 Å². The highest BCUT2D eigenvalue weighted by atomic mass is 16.5. The van der Waals surface area contributed by atoms with E-state index in [1.54, 1.807) is 0 Å². The van der Waals surface area contributed by atoms with E-state index in [-0.39, 0.29) is 12.1 Å². The summed E-state index contributed by atoms with van der Waals surface area (Å²) in [5.41, 5.74) is 8.69. The minimum absolute atomic E-state index is 0.0385. The van der Waals surface area contributed by atoms with Crippen molar-refractivity contribution in [3.63, 3.8) is 0 Å². The van der Waals surface area contributed by atoms with Gasteiger partial charge in [0.15, 0.2) is 0 Å². The predicted octanol–water partition coefficient (Wildman–Crippen LogP) is 1.38. The molecule has 110 valence electrons. The molecule has 4 nitrogen and oxygen atoms in total. The summed E-state index contributed by atoms with van der Waals surface area (Å²) in [5, 5.41) is 0. The van der Waals surface area contributed by atoms with E-state index in [0.29, 0.717) is 6.04 Å². The van der Waals surface area contributed by atoms with Gasteiger partial charge in [0, 0.05) is 36.9 Å². The summed E-state index contributed by atoms with van der Waals surface area (Å²) < 4.78 is 5.98. The normalized spacial score (nSPS) is 28.3. The van der Waals surface area contributed by atoms with Gasteiger partial charge in [-0.25, -0.2) is 0 Å². The molecule has 2 N–H and O–H groups in total. The van der Waals surface area contributed by atoms with Crippen LogP contribution in [0.15, 0.2) is 18.3 Å². The third kappa shape index (κ3) is 3.03. The maximum Gasteiger partial charge on any atom is 0.0857 e. The average molecular weight is 275 g/mol. The Kier molecular flexibility index (Phi) is 4.34. The summed E-state index contributed by atoms with van der Waals surface area (Å²) in [5.74, 6) is 0. The number of aryl methyl sites for hydroxylation is 1. The van der Waals surface area contributed by atoms with Gasteiger partial charge >= 0.3 is 0 Å². The van der Waals surface area contributed by atoms with E-state index in [2.05, 4.69) is 28.9 Å². The van der Waals surface area contributed by atoms with Crippen molar-refractivity contribution < 1.29 is 4.74 Å². The highest BCUT2D eigenvalue weighted by Crippen LogP contribution is 2.24. The molecule has 1 aromatic rings. The van der Waals surface area contributed by atoms with Gasteiger partial charge in [0.05, 0.1) is 12.7 Å². The lowest BCUT2D eigenvalue weighted by Crippen LogP contribution is -2.53. The first-order valence-corrected chi connectivity index (χ1v) is 7.81. The Morgan fingerprint density at radius 3 is 3.15 bits per heavy atom. The highest BCUT2D eigenvalue weighted by Gasteiger charge is 2.34. The van der Waals surface area contributed by atoms with Gasteiger partial charge in [-0.3, -0.25) is 9.88 Å². The zero-order chi connectivity index (χ0) is 13.9. The van der Waals surface area contributed by atoms with Crippen molar-refractivity contribution in [3.05, 3.63) is 29.6 Å². The van der Waals surface area contributed by atoms with Gasteiger partial charge < -0.3 is 10.5 Å². The van der Waals surface area contributed by atoms with Gasteiger partial charge in [-0.05, 0) is 37.4 Å². The molecule has 20 heavy (non-hydrogen) atoms. The molecular formula is C16H25N3O. The Balaban J connectivity index is 1.56. The monoisotopic (exact) mass is 275 g/mol. The molecule has 0 spiro atoms. The number of hydrogen-bond donors (Lipinski definition) is 1. The molecule has 3 unspecified atom stereocenters. The first-order valence-electron chi connectivity index (χ1n) is 7.81. The molecule has 3 rings (SSSR count). The summed E-state index contributed by atoms with van der Waals surface area (Å²) >= 11 is 0. The lowest BCUT2D eigenvalue weighted by atomic mass is 10.0. The minimum atomic E-state index is 0.0385. The number of nitrogens with two attached hydrogens (primary N) is 1. The molecule has 2 aliphatic rings. The third-order valence-electron chi connectivity index (χ3n) is 4.63. The Hall–Kier alpha value is -0.970. The number of morpholine rings is 1. The van der Waals surface area contributed by atoms with Crippen molar-refractivity contribution in [1.82, 2.24) is 9.88 Å². The highest BCUT2D eigenvalue weighted by molar-refractivity contribution is 5.15. The molecule has 3 atom stereocenters. The zero-order valence-corrected chi connectivity index (χ0v) is 12.3. The number of nitrogens with zero attached hydrogens (tertiary/aromatic N) is 2. The number of hydrogen-bond acceptors (Lipinski definition) is 4. The standard InChI is InChI=1S/C16H25N3O/c1-2-12-5-6-13(18-9-12)8-15(17)16-10-19-7-3-4-14(19)11-20-16/h5-6,9,14-16H,2-4,7-8,10-11,17H2,1H3. The van der Waals surface area contributed by atoms with E-state index >= 15 is 0 Å². The second-order valence-electron chi connectivity index (χ2n) is 6.04. The van der Waals surface area contributed by atoms with Crippen LogP contribution in [0.2, 0.25) is 0 Å². The summed E-state index contributed by atoms with van der Waals surface area (Å²) in [6.07, 6.45) is 6.52. The maximum atomic E-state index is 6.34. The summed E-state index contributed by atoms with van der Waals surface area (Å²) in [6.45, 7) is 5.19. The Bertz CT molecular complexity index is 434. The molecule has 0 aliphatic carbocycles. The number of fused-ring (bicyclic) bond motifs is 1. The fraction of sp³-hybridized carbons (Fsp3) is 0.688. The van der Waals surface area contributed by atoms with Crippen LogP contribution in [0.5, 0.6) is 0 Å². The lowest BCUT2D eigenvalue weighted by Gasteiger charge is -2.37. The van der Waals surface area contributed by atoms with E-state index in [4.69, 9.17) is 10.5 Å². The molecule has 4 heteroatoms. The summed E-state index contributed by atoms with van der Waals surface area (Å²) in [4.78, 5) is 7.04. The molecule has 2 aliphatic heterocycles.